The molecule has 0 aromatic heterocycles. The van der Waals surface area contributed by atoms with Gasteiger partial charge < -0.3 is 4.74 Å². The van der Waals surface area contributed by atoms with Gasteiger partial charge in [0.05, 0.1) is 17.2 Å². The zero-order valence-electron chi connectivity index (χ0n) is 12.4. The van der Waals surface area contributed by atoms with E-state index < -0.39 is 0 Å². The number of carbonyl (C=O) groups excluding carboxylic acids is 1. The summed E-state index contributed by atoms with van der Waals surface area (Å²) in [6, 6.07) is 14.7. The number of hydrogen-bond acceptors (Lipinski definition) is 3. The van der Waals surface area contributed by atoms with Crippen LogP contribution in [0.3, 0.4) is 0 Å². The molecule has 2 aromatic rings. The third-order valence-corrected chi connectivity index (χ3v) is 3.25. The van der Waals surface area contributed by atoms with Crippen LogP contribution >= 0.6 is 0 Å². The molecule has 0 fully saturated rings. The Balaban J connectivity index is 2.48. The fraction of sp³-hybridized carbons (Fsp3) is 0.222. The van der Waals surface area contributed by atoms with Gasteiger partial charge in [0.15, 0.2) is 5.78 Å². The maximum absolute atomic E-state index is 11.7. The van der Waals surface area contributed by atoms with Crippen molar-refractivity contribution in [3.8, 4) is 17.6 Å². The van der Waals surface area contributed by atoms with Crippen molar-refractivity contribution in [3.05, 3.63) is 59.2 Å². The van der Waals surface area contributed by atoms with E-state index in [4.69, 9.17) is 10.00 Å². The highest BCUT2D eigenvalue weighted by Gasteiger charge is 2.13. The lowest BCUT2D eigenvalue weighted by atomic mass is 10.0. The molecule has 0 bridgehead atoms. The van der Waals surface area contributed by atoms with Crippen molar-refractivity contribution in [1.82, 2.24) is 0 Å². The van der Waals surface area contributed by atoms with Gasteiger partial charge in [-0.1, -0.05) is 32.0 Å². The van der Waals surface area contributed by atoms with E-state index in [9.17, 15) is 4.79 Å². The van der Waals surface area contributed by atoms with Crippen LogP contribution in [-0.2, 0) is 0 Å². The Morgan fingerprint density at radius 3 is 2.48 bits per heavy atom. The van der Waals surface area contributed by atoms with E-state index in [0.717, 1.165) is 5.56 Å². The van der Waals surface area contributed by atoms with Crippen molar-refractivity contribution in [2.24, 2.45) is 0 Å². The van der Waals surface area contributed by atoms with Gasteiger partial charge in [0, 0.05) is 0 Å². The Hall–Kier alpha value is -2.60. The summed E-state index contributed by atoms with van der Waals surface area (Å²) < 4.78 is 5.93. The molecular formula is C18H17NO2. The summed E-state index contributed by atoms with van der Waals surface area (Å²) in [6.45, 7) is 5.65. The lowest BCUT2D eigenvalue weighted by Crippen LogP contribution is -2.00. The lowest BCUT2D eigenvalue weighted by molar-refractivity contribution is 0.101. The fourth-order valence-corrected chi connectivity index (χ4v) is 2.14. The average Bonchev–Trinajstić information content (AvgIpc) is 2.47. The van der Waals surface area contributed by atoms with E-state index in [1.165, 1.54) is 6.92 Å². The van der Waals surface area contributed by atoms with Crippen LogP contribution in [-0.4, -0.2) is 5.78 Å². The van der Waals surface area contributed by atoms with Crippen molar-refractivity contribution < 1.29 is 9.53 Å². The number of nitrogens with zero attached hydrogens (tertiary/aromatic N) is 1. The Kier molecular flexibility index (Phi) is 4.39. The molecule has 0 amide bonds. The predicted molar refractivity (Wildman–Crippen MR) is 81.8 cm³/mol. The summed E-state index contributed by atoms with van der Waals surface area (Å²) in [4.78, 5) is 11.7. The molecule has 0 aliphatic rings. The summed E-state index contributed by atoms with van der Waals surface area (Å²) in [5.74, 6) is 1.36. The minimum atomic E-state index is -0.0866. The Morgan fingerprint density at radius 1 is 1.14 bits per heavy atom. The average molecular weight is 279 g/mol. The molecule has 0 unspecified atom stereocenters. The van der Waals surface area contributed by atoms with Crippen LogP contribution in [0.4, 0.5) is 0 Å². The standard InChI is InChI=1S/C18H17NO2/c1-12(2)15-6-4-5-7-17(15)21-18-10-14(11-19)8-9-16(18)13(3)20/h4-10,12H,1-3H3. The summed E-state index contributed by atoms with van der Waals surface area (Å²) in [6.07, 6.45) is 0. The third kappa shape index (κ3) is 3.29. The molecule has 0 aliphatic carbocycles. The first-order chi connectivity index (χ1) is 10.0. The molecule has 2 rings (SSSR count). The minimum absolute atomic E-state index is 0.0866. The zero-order valence-corrected chi connectivity index (χ0v) is 12.4. The van der Waals surface area contributed by atoms with E-state index in [1.807, 2.05) is 24.3 Å². The molecule has 0 aliphatic heterocycles. The fourth-order valence-electron chi connectivity index (χ4n) is 2.14. The van der Waals surface area contributed by atoms with Crippen LogP contribution < -0.4 is 4.74 Å². The van der Waals surface area contributed by atoms with Crippen LogP contribution in [0.25, 0.3) is 0 Å². The molecule has 0 atom stereocenters. The second kappa shape index (κ2) is 6.23. The van der Waals surface area contributed by atoms with Gasteiger partial charge in [0.1, 0.15) is 11.5 Å². The first-order valence-electron chi connectivity index (χ1n) is 6.84. The van der Waals surface area contributed by atoms with Crippen molar-refractivity contribution in [3.63, 3.8) is 0 Å². The number of nitriles is 1. The van der Waals surface area contributed by atoms with Crippen molar-refractivity contribution in [1.29, 1.82) is 5.26 Å². The molecular weight excluding hydrogens is 262 g/mol. The minimum Gasteiger partial charge on any atom is -0.456 e. The number of Topliss-reactive ketones (excluding diaryl/α,β-unsaturated/α-hetero) is 1. The summed E-state index contributed by atoms with van der Waals surface area (Å²) >= 11 is 0. The number of carbonyl (C=O) groups is 1. The van der Waals surface area contributed by atoms with Crippen LogP contribution in [0.2, 0.25) is 0 Å². The normalized spacial score (nSPS) is 10.2. The van der Waals surface area contributed by atoms with Crippen LogP contribution in [0.1, 0.15) is 48.2 Å². The maximum Gasteiger partial charge on any atom is 0.163 e. The second-order valence-corrected chi connectivity index (χ2v) is 5.17. The van der Waals surface area contributed by atoms with Gasteiger partial charge in [0.25, 0.3) is 0 Å². The topological polar surface area (TPSA) is 50.1 Å². The first kappa shape index (κ1) is 14.8. The highest BCUT2D eigenvalue weighted by atomic mass is 16.5. The Morgan fingerprint density at radius 2 is 1.86 bits per heavy atom. The summed E-state index contributed by atoms with van der Waals surface area (Å²) in [7, 11) is 0. The van der Waals surface area contributed by atoms with Gasteiger partial charge in [-0.05, 0) is 42.7 Å². The highest BCUT2D eigenvalue weighted by molar-refractivity contribution is 5.97. The van der Waals surface area contributed by atoms with Crippen LogP contribution in [0.5, 0.6) is 11.5 Å². The quantitative estimate of drug-likeness (QED) is 0.764. The van der Waals surface area contributed by atoms with Gasteiger partial charge in [-0.15, -0.1) is 0 Å². The van der Waals surface area contributed by atoms with Gasteiger partial charge >= 0.3 is 0 Å². The van der Waals surface area contributed by atoms with Crippen molar-refractivity contribution in [2.75, 3.05) is 0 Å². The van der Waals surface area contributed by atoms with Gasteiger partial charge in [-0.2, -0.15) is 5.26 Å². The highest BCUT2D eigenvalue weighted by Crippen LogP contribution is 2.32. The number of ether oxygens (including phenoxy) is 1. The Labute approximate surface area is 124 Å². The number of para-hydroxylation sites is 1. The molecule has 21 heavy (non-hydrogen) atoms. The first-order valence-corrected chi connectivity index (χ1v) is 6.84. The van der Waals surface area contributed by atoms with Gasteiger partial charge in [-0.3, -0.25) is 4.79 Å². The van der Waals surface area contributed by atoms with Crippen molar-refractivity contribution >= 4 is 5.78 Å². The number of hydrogen-bond donors (Lipinski definition) is 0. The molecule has 106 valence electrons. The SMILES string of the molecule is CC(=O)c1ccc(C#N)cc1Oc1ccccc1C(C)C. The van der Waals surface area contributed by atoms with E-state index in [-0.39, 0.29) is 5.78 Å². The Bertz CT molecular complexity index is 711. The van der Waals surface area contributed by atoms with Gasteiger partial charge in [-0.25, -0.2) is 0 Å². The molecule has 0 heterocycles. The smallest absolute Gasteiger partial charge is 0.163 e. The predicted octanol–water partition coefficient (Wildman–Crippen LogP) is 4.68. The molecule has 3 heteroatoms. The van der Waals surface area contributed by atoms with E-state index in [2.05, 4.69) is 19.9 Å². The molecule has 3 nitrogen and oxygen atoms in total. The maximum atomic E-state index is 11.7. The third-order valence-electron chi connectivity index (χ3n) is 3.25. The molecule has 0 N–H and O–H groups in total. The second-order valence-electron chi connectivity index (χ2n) is 5.17. The van der Waals surface area contributed by atoms with Crippen LogP contribution in [0.15, 0.2) is 42.5 Å². The monoisotopic (exact) mass is 279 g/mol. The lowest BCUT2D eigenvalue weighted by Gasteiger charge is -2.15. The van der Waals surface area contributed by atoms with E-state index in [1.54, 1.807) is 18.2 Å². The molecule has 2 aromatic carbocycles. The van der Waals surface area contributed by atoms with Crippen LogP contribution in [0, 0.1) is 11.3 Å². The zero-order chi connectivity index (χ0) is 15.4. The number of ketones is 1. The van der Waals surface area contributed by atoms with Crippen molar-refractivity contribution in [2.45, 2.75) is 26.7 Å². The molecule has 0 radical (unpaired) electrons. The molecule has 0 spiro atoms. The summed E-state index contributed by atoms with van der Waals surface area (Å²) in [5, 5.41) is 9.01. The molecule has 0 saturated carbocycles. The largest absolute Gasteiger partial charge is 0.456 e. The number of rotatable bonds is 4. The van der Waals surface area contributed by atoms with Gasteiger partial charge in [0.2, 0.25) is 0 Å². The molecule has 0 saturated heterocycles. The summed E-state index contributed by atoms with van der Waals surface area (Å²) in [5.41, 5.74) is 2.01. The van der Waals surface area contributed by atoms with E-state index in [0.29, 0.717) is 28.5 Å². The van der Waals surface area contributed by atoms with E-state index >= 15 is 0 Å². The number of benzene rings is 2.